The summed E-state index contributed by atoms with van der Waals surface area (Å²) in [7, 11) is 0. The van der Waals surface area contributed by atoms with E-state index in [1.165, 1.54) is 11.8 Å². The van der Waals surface area contributed by atoms with Gasteiger partial charge in [-0.3, -0.25) is 5.43 Å². The Morgan fingerprint density at radius 2 is 2.12 bits per heavy atom. The van der Waals surface area contributed by atoms with Gasteiger partial charge in [0.15, 0.2) is 5.11 Å². The van der Waals surface area contributed by atoms with Crippen molar-refractivity contribution in [1.29, 1.82) is 0 Å². The minimum atomic E-state index is 0.546. The largest absolute Gasteiger partial charge is 0.500 e. The van der Waals surface area contributed by atoms with E-state index < -0.39 is 0 Å². The van der Waals surface area contributed by atoms with E-state index in [4.69, 9.17) is 17.0 Å². The third kappa shape index (κ3) is 6.55. The van der Waals surface area contributed by atoms with Gasteiger partial charge in [-0.1, -0.05) is 36.9 Å². The Morgan fingerprint density at radius 3 is 2.82 bits per heavy atom. The molecule has 1 aromatic rings. The second-order valence-electron chi connectivity index (χ2n) is 3.26. The topological polar surface area (TPSA) is 45.3 Å². The predicted molar refractivity (Wildman–Crippen MR) is 73.2 cm³/mol. The van der Waals surface area contributed by atoms with E-state index in [1.54, 1.807) is 0 Å². The van der Waals surface area contributed by atoms with Crippen molar-refractivity contribution in [3.63, 3.8) is 0 Å². The number of thiocarbonyl (C=S) groups is 1. The Kier molecular flexibility index (Phi) is 6.78. The fourth-order valence-corrected chi connectivity index (χ4v) is 1.35. The lowest BCUT2D eigenvalue weighted by molar-refractivity contribution is 0.256. The van der Waals surface area contributed by atoms with Gasteiger partial charge in [-0.15, -0.1) is 0 Å². The number of hydrazine groups is 1. The standard InChI is InChI=1S/C12H17N3OS/c1-2-16-9-8-13-12(17)15-14-10-11-6-4-3-5-7-11/h2-7,14H,1,8-10H2,(H2,13,15,17). The number of rotatable bonds is 7. The van der Waals surface area contributed by atoms with E-state index in [-0.39, 0.29) is 0 Å². The zero-order chi connectivity index (χ0) is 12.3. The normalized spacial score (nSPS) is 9.41. The number of ether oxygens (including phenoxy) is 1. The molecule has 0 spiro atoms. The molecule has 0 amide bonds. The van der Waals surface area contributed by atoms with E-state index in [2.05, 4.69) is 22.7 Å². The summed E-state index contributed by atoms with van der Waals surface area (Å²) in [6.07, 6.45) is 1.41. The molecule has 92 valence electrons. The molecule has 0 fully saturated rings. The van der Waals surface area contributed by atoms with Gasteiger partial charge in [0.2, 0.25) is 0 Å². The van der Waals surface area contributed by atoms with E-state index in [9.17, 15) is 0 Å². The second-order valence-corrected chi connectivity index (χ2v) is 3.67. The van der Waals surface area contributed by atoms with Crippen LogP contribution in [0.5, 0.6) is 0 Å². The molecule has 0 atom stereocenters. The van der Waals surface area contributed by atoms with Crippen LogP contribution in [-0.4, -0.2) is 18.3 Å². The van der Waals surface area contributed by atoms with Crippen LogP contribution in [0.1, 0.15) is 5.56 Å². The van der Waals surface area contributed by atoms with Gasteiger partial charge in [0.25, 0.3) is 0 Å². The van der Waals surface area contributed by atoms with Crippen molar-refractivity contribution in [2.45, 2.75) is 6.54 Å². The quantitative estimate of drug-likeness (QED) is 0.295. The maximum Gasteiger partial charge on any atom is 0.180 e. The maximum absolute atomic E-state index is 5.05. The Balaban J connectivity index is 2.06. The summed E-state index contributed by atoms with van der Waals surface area (Å²) in [4.78, 5) is 0. The Bertz CT molecular complexity index is 343. The van der Waals surface area contributed by atoms with Crippen LogP contribution in [0.3, 0.4) is 0 Å². The van der Waals surface area contributed by atoms with Crippen LogP contribution in [0.4, 0.5) is 0 Å². The smallest absolute Gasteiger partial charge is 0.180 e. The minimum Gasteiger partial charge on any atom is -0.500 e. The summed E-state index contributed by atoms with van der Waals surface area (Å²) in [5, 5.41) is 3.54. The molecule has 17 heavy (non-hydrogen) atoms. The van der Waals surface area contributed by atoms with Crippen molar-refractivity contribution in [3.05, 3.63) is 48.7 Å². The molecule has 0 unspecified atom stereocenters. The van der Waals surface area contributed by atoms with Crippen LogP contribution in [0.25, 0.3) is 0 Å². The fraction of sp³-hybridized carbons (Fsp3) is 0.250. The van der Waals surface area contributed by atoms with Gasteiger partial charge < -0.3 is 10.1 Å². The zero-order valence-corrected chi connectivity index (χ0v) is 10.4. The Hall–Kier alpha value is -1.59. The average Bonchev–Trinajstić information content (AvgIpc) is 2.36. The number of benzene rings is 1. The van der Waals surface area contributed by atoms with E-state index in [0.717, 1.165) is 0 Å². The van der Waals surface area contributed by atoms with Gasteiger partial charge >= 0.3 is 0 Å². The van der Waals surface area contributed by atoms with E-state index >= 15 is 0 Å². The molecular formula is C12H17N3OS. The number of hydrogen-bond donors (Lipinski definition) is 3. The van der Waals surface area contributed by atoms with Crippen LogP contribution in [0, 0.1) is 0 Å². The fourth-order valence-electron chi connectivity index (χ4n) is 1.17. The van der Waals surface area contributed by atoms with E-state index in [0.29, 0.717) is 24.8 Å². The average molecular weight is 251 g/mol. The van der Waals surface area contributed by atoms with Crippen molar-refractivity contribution in [3.8, 4) is 0 Å². The SMILES string of the molecule is C=COCCNC(=S)NNCc1ccccc1. The monoisotopic (exact) mass is 251 g/mol. The third-order valence-electron chi connectivity index (χ3n) is 1.96. The van der Waals surface area contributed by atoms with Crippen molar-refractivity contribution >= 4 is 17.3 Å². The predicted octanol–water partition coefficient (Wildman–Crippen LogP) is 1.32. The summed E-state index contributed by atoms with van der Waals surface area (Å²) in [6.45, 7) is 5.35. The molecule has 0 heterocycles. The lowest BCUT2D eigenvalue weighted by atomic mass is 10.2. The lowest BCUT2D eigenvalue weighted by Gasteiger charge is -2.11. The molecule has 0 aliphatic rings. The first kappa shape index (κ1) is 13.5. The summed E-state index contributed by atoms with van der Waals surface area (Å²) >= 11 is 5.05. The van der Waals surface area contributed by atoms with Crippen LogP contribution in [0.2, 0.25) is 0 Å². The highest BCUT2D eigenvalue weighted by Crippen LogP contribution is 1.95. The third-order valence-corrected chi connectivity index (χ3v) is 2.21. The van der Waals surface area contributed by atoms with Gasteiger partial charge in [-0.25, -0.2) is 5.43 Å². The molecule has 0 aromatic heterocycles. The first-order valence-corrected chi connectivity index (χ1v) is 5.77. The van der Waals surface area contributed by atoms with Gasteiger partial charge in [-0.05, 0) is 17.8 Å². The summed E-state index contributed by atoms with van der Waals surface area (Å²) in [5.74, 6) is 0. The lowest BCUT2D eigenvalue weighted by Crippen LogP contribution is -2.44. The van der Waals surface area contributed by atoms with Crippen molar-refractivity contribution < 1.29 is 4.74 Å². The van der Waals surface area contributed by atoms with Crippen LogP contribution < -0.4 is 16.2 Å². The van der Waals surface area contributed by atoms with Gasteiger partial charge in [0.05, 0.1) is 12.8 Å². The van der Waals surface area contributed by atoms with Crippen LogP contribution >= 0.6 is 12.2 Å². The van der Waals surface area contributed by atoms with Crippen molar-refractivity contribution in [2.75, 3.05) is 13.2 Å². The summed E-state index contributed by atoms with van der Waals surface area (Å²) in [5.41, 5.74) is 7.12. The highest BCUT2D eigenvalue weighted by Gasteiger charge is 1.94. The molecule has 1 rings (SSSR count). The molecule has 4 nitrogen and oxygen atoms in total. The summed E-state index contributed by atoms with van der Waals surface area (Å²) < 4.78 is 4.95. The molecule has 3 N–H and O–H groups in total. The first-order chi connectivity index (χ1) is 8.33. The van der Waals surface area contributed by atoms with Gasteiger partial charge in [0.1, 0.15) is 6.61 Å². The highest BCUT2D eigenvalue weighted by atomic mass is 32.1. The Morgan fingerprint density at radius 1 is 1.35 bits per heavy atom. The molecule has 1 aromatic carbocycles. The molecule has 0 bridgehead atoms. The second kappa shape index (κ2) is 8.55. The minimum absolute atomic E-state index is 0.546. The zero-order valence-electron chi connectivity index (χ0n) is 9.61. The molecule has 5 heteroatoms. The Labute approximate surface area is 107 Å². The highest BCUT2D eigenvalue weighted by molar-refractivity contribution is 7.80. The van der Waals surface area contributed by atoms with Crippen molar-refractivity contribution in [1.82, 2.24) is 16.2 Å². The number of hydrogen-bond acceptors (Lipinski definition) is 3. The molecule has 0 saturated heterocycles. The van der Waals surface area contributed by atoms with Gasteiger partial charge in [0, 0.05) is 6.54 Å². The first-order valence-electron chi connectivity index (χ1n) is 5.36. The number of nitrogens with one attached hydrogen (secondary N) is 3. The molecule has 0 aliphatic carbocycles. The summed E-state index contributed by atoms with van der Waals surface area (Å²) in [6, 6.07) is 10.1. The molecule has 0 aliphatic heterocycles. The maximum atomic E-state index is 5.05. The van der Waals surface area contributed by atoms with Gasteiger partial charge in [-0.2, -0.15) is 0 Å². The molecule has 0 radical (unpaired) electrons. The molecule has 0 saturated carbocycles. The van der Waals surface area contributed by atoms with Crippen LogP contribution in [0.15, 0.2) is 43.2 Å². The van der Waals surface area contributed by atoms with Crippen LogP contribution in [-0.2, 0) is 11.3 Å². The van der Waals surface area contributed by atoms with E-state index in [1.807, 2.05) is 30.3 Å². The van der Waals surface area contributed by atoms with Crippen molar-refractivity contribution in [2.24, 2.45) is 0 Å². The molecular weight excluding hydrogens is 234 g/mol.